The first-order valence-corrected chi connectivity index (χ1v) is 8.49. The zero-order valence-electron chi connectivity index (χ0n) is 13.9. The molecular weight excluding hydrogens is 264 g/mol. The summed E-state index contributed by atoms with van der Waals surface area (Å²) in [4.78, 5) is 17.0. The fraction of sp³-hybridized carbons (Fsp3) is 0.938. The van der Waals surface area contributed by atoms with Gasteiger partial charge in [0.1, 0.15) is 0 Å². The summed E-state index contributed by atoms with van der Waals surface area (Å²) in [7, 11) is 0. The molecule has 0 spiro atoms. The number of nitrogens with two attached hydrogens (primary N) is 1. The van der Waals surface area contributed by atoms with E-state index >= 15 is 0 Å². The number of carbonyl (C=O) groups is 1. The second-order valence-electron chi connectivity index (χ2n) is 7.01. The molecule has 3 N–H and O–H groups in total. The van der Waals surface area contributed by atoms with Gasteiger partial charge in [-0.25, -0.2) is 0 Å². The largest absolute Gasteiger partial charge is 0.368 e. The quantitative estimate of drug-likeness (QED) is 0.729. The molecule has 2 fully saturated rings. The van der Waals surface area contributed by atoms with E-state index in [-0.39, 0.29) is 5.91 Å². The van der Waals surface area contributed by atoms with Crippen LogP contribution in [0.15, 0.2) is 0 Å². The van der Waals surface area contributed by atoms with E-state index < -0.39 is 5.54 Å². The van der Waals surface area contributed by atoms with Crippen molar-refractivity contribution in [1.82, 2.24) is 15.1 Å². The van der Waals surface area contributed by atoms with Gasteiger partial charge in [-0.15, -0.1) is 0 Å². The van der Waals surface area contributed by atoms with Gasteiger partial charge < -0.3 is 11.1 Å². The maximum atomic E-state index is 11.8. The molecule has 1 amide bonds. The standard InChI is InChI=1S/C16H32N4O/c1-4-8-18-16(3,15(17)21)7-10-19-12-14-6-5-9-20(14)11-13(19)2/h13-14,18H,4-12H2,1-3H3,(H2,17,21). The van der Waals surface area contributed by atoms with Gasteiger partial charge in [0.2, 0.25) is 5.91 Å². The van der Waals surface area contributed by atoms with Crippen LogP contribution < -0.4 is 11.1 Å². The maximum Gasteiger partial charge on any atom is 0.237 e. The molecule has 0 aromatic carbocycles. The summed E-state index contributed by atoms with van der Waals surface area (Å²) in [6.07, 6.45) is 4.46. The fourth-order valence-electron chi connectivity index (χ4n) is 3.63. The minimum absolute atomic E-state index is 0.233. The molecule has 2 saturated heterocycles. The fourth-order valence-corrected chi connectivity index (χ4v) is 3.63. The molecule has 0 radical (unpaired) electrons. The van der Waals surface area contributed by atoms with E-state index in [1.165, 1.54) is 25.9 Å². The Hall–Kier alpha value is -0.650. The molecular formula is C16H32N4O. The van der Waals surface area contributed by atoms with Crippen LogP contribution in [0.4, 0.5) is 0 Å². The molecule has 0 aromatic heterocycles. The van der Waals surface area contributed by atoms with Crippen LogP contribution in [-0.4, -0.2) is 66.1 Å². The van der Waals surface area contributed by atoms with Gasteiger partial charge in [0, 0.05) is 31.7 Å². The maximum absolute atomic E-state index is 11.8. The van der Waals surface area contributed by atoms with Gasteiger partial charge in [0.05, 0.1) is 5.54 Å². The normalized spacial score (nSPS) is 30.0. The molecule has 2 heterocycles. The average Bonchev–Trinajstić information content (AvgIpc) is 2.89. The number of nitrogens with zero attached hydrogens (tertiary/aromatic N) is 2. The lowest BCUT2D eigenvalue weighted by atomic mass is 9.95. The van der Waals surface area contributed by atoms with Crippen LogP contribution in [0.1, 0.15) is 46.5 Å². The van der Waals surface area contributed by atoms with Crippen molar-refractivity contribution in [3.05, 3.63) is 0 Å². The molecule has 2 rings (SSSR count). The van der Waals surface area contributed by atoms with E-state index in [2.05, 4.69) is 29.0 Å². The van der Waals surface area contributed by atoms with E-state index in [0.29, 0.717) is 6.04 Å². The van der Waals surface area contributed by atoms with Crippen molar-refractivity contribution in [2.45, 2.75) is 64.1 Å². The molecule has 0 saturated carbocycles. The lowest BCUT2D eigenvalue weighted by Gasteiger charge is -2.43. The SMILES string of the molecule is CCCNC(C)(CCN1CC2CCCN2CC1C)C(N)=O. The van der Waals surface area contributed by atoms with E-state index in [4.69, 9.17) is 5.73 Å². The van der Waals surface area contributed by atoms with E-state index in [1.54, 1.807) is 0 Å². The molecule has 2 aliphatic rings. The van der Waals surface area contributed by atoms with Crippen molar-refractivity contribution < 1.29 is 4.79 Å². The first kappa shape index (κ1) is 16.7. The number of primary amides is 1. The Labute approximate surface area is 129 Å². The summed E-state index contributed by atoms with van der Waals surface area (Å²) in [6.45, 7) is 11.7. The van der Waals surface area contributed by atoms with E-state index in [9.17, 15) is 4.79 Å². The van der Waals surface area contributed by atoms with Gasteiger partial charge in [-0.3, -0.25) is 14.6 Å². The minimum atomic E-state index is -0.581. The van der Waals surface area contributed by atoms with Crippen LogP contribution in [0.3, 0.4) is 0 Å². The Morgan fingerprint density at radius 2 is 2.19 bits per heavy atom. The van der Waals surface area contributed by atoms with Crippen LogP contribution in [-0.2, 0) is 4.79 Å². The molecule has 0 bridgehead atoms. The molecule has 3 atom stereocenters. The molecule has 0 aliphatic carbocycles. The van der Waals surface area contributed by atoms with Gasteiger partial charge in [0.25, 0.3) is 0 Å². The Morgan fingerprint density at radius 3 is 2.86 bits per heavy atom. The van der Waals surface area contributed by atoms with Crippen LogP contribution in [0.5, 0.6) is 0 Å². The van der Waals surface area contributed by atoms with Gasteiger partial charge in [-0.1, -0.05) is 6.92 Å². The Bertz CT molecular complexity index is 362. The second-order valence-corrected chi connectivity index (χ2v) is 7.01. The summed E-state index contributed by atoms with van der Waals surface area (Å²) < 4.78 is 0. The van der Waals surface area contributed by atoms with Gasteiger partial charge >= 0.3 is 0 Å². The van der Waals surface area contributed by atoms with Crippen LogP contribution in [0, 0.1) is 0 Å². The Balaban J connectivity index is 1.89. The molecule has 5 nitrogen and oxygen atoms in total. The van der Waals surface area contributed by atoms with Crippen molar-refractivity contribution in [2.75, 3.05) is 32.7 Å². The smallest absolute Gasteiger partial charge is 0.237 e. The van der Waals surface area contributed by atoms with Crippen molar-refractivity contribution in [2.24, 2.45) is 5.73 Å². The number of fused-ring (bicyclic) bond motifs is 1. The first-order valence-electron chi connectivity index (χ1n) is 8.49. The zero-order chi connectivity index (χ0) is 15.5. The predicted molar refractivity (Wildman–Crippen MR) is 86.1 cm³/mol. The molecule has 2 aliphatic heterocycles. The Morgan fingerprint density at radius 1 is 1.43 bits per heavy atom. The summed E-state index contributed by atoms with van der Waals surface area (Å²) in [5.74, 6) is -0.233. The third-order valence-corrected chi connectivity index (χ3v) is 5.27. The average molecular weight is 296 g/mol. The highest BCUT2D eigenvalue weighted by atomic mass is 16.1. The third-order valence-electron chi connectivity index (χ3n) is 5.27. The topological polar surface area (TPSA) is 61.6 Å². The summed E-state index contributed by atoms with van der Waals surface area (Å²) in [5, 5.41) is 3.33. The lowest BCUT2D eigenvalue weighted by molar-refractivity contribution is -0.124. The van der Waals surface area contributed by atoms with Gasteiger partial charge in [0.15, 0.2) is 0 Å². The van der Waals surface area contributed by atoms with E-state index in [0.717, 1.165) is 38.5 Å². The third kappa shape index (κ3) is 3.96. The highest BCUT2D eigenvalue weighted by molar-refractivity contribution is 5.84. The molecule has 3 unspecified atom stereocenters. The number of carbonyl (C=O) groups excluding carboxylic acids is 1. The number of piperazine rings is 1. The summed E-state index contributed by atoms with van der Waals surface area (Å²) in [6, 6.07) is 1.30. The second kappa shape index (κ2) is 7.07. The Kier molecular flexibility index (Phi) is 5.63. The van der Waals surface area contributed by atoms with Crippen LogP contribution in [0.25, 0.3) is 0 Å². The number of rotatable bonds is 7. The number of amides is 1. The number of nitrogens with one attached hydrogen (secondary N) is 1. The van der Waals surface area contributed by atoms with Gasteiger partial charge in [-0.2, -0.15) is 0 Å². The summed E-state index contributed by atoms with van der Waals surface area (Å²) >= 11 is 0. The zero-order valence-corrected chi connectivity index (χ0v) is 13.9. The molecule has 21 heavy (non-hydrogen) atoms. The number of hydrogen-bond acceptors (Lipinski definition) is 4. The van der Waals surface area contributed by atoms with Crippen LogP contribution >= 0.6 is 0 Å². The monoisotopic (exact) mass is 296 g/mol. The molecule has 0 aromatic rings. The lowest BCUT2D eigenvalue weighted by Crippen LogP contribution is -2.58. The highest BCUT2D eigenvalue weighted by Gasteiger charge is 2.36. The van der Waals surface area contributed by atoms with Crippen molar-refractivity contribution in [3.63, 3.8) is 0 Å². The number of hydrogen-bond donors (Lipinski definition) is 2. The van der Waals surface area contributed by atoms with Gasteiger partial charge in [-0.05, 0) is 52.6 Å². The predicted octanol–water partition coefficient (Wildman–Crippen LogP) is 0.789. The highest BCUT2D eigenvalue weighted by Crippen LogP contribution is 2.25. The van der Waals surface area contributed by atoms with Crippen LogP contribution in [0.2, 0.25) is 0 Å². The minimum Gasteiger partial charge on any atom is -0.368 e. The first-order chi connectivity index (χ1) is 9.96. The van der Waals surface area contributed by atoms with Crippen molar-refractivity contribution in [3.8, 4) is 0 Å². The van der Waals surface area contributed by atoms with Crippen molar-refractivity contribution >= 4 is 5.91 Å². The van der Waals surface area contributed by atoms with Crippen molar-refractivity contribution in [1.29, 1.82) is 0 Å². The molecule has 122 valence electrons. The van der Waals surface area contributed by atoms with E-state index in [1.807, 2.05) is 6.92 Å². The molecule has 5 heteroatoms. The summed E-state index contributed by atoms with van der Waals surface area (Å²) in [5.41, 5.74) is 5.04.